The van der Waals surface area contributed by atoms with Crippen molar-refractivity contribution < 1.29 is 9.18 Å². The normalized spacial score (nSPS) is 19.4. The maximum atomic E-state index is 13.7. The average molecular weight is 398 g/mol. The van der Waals surface area contributed by atoms with Gasteiger partial charge in [0.25, 0.3) is 0 Å². The van der Waals surface area contributed by atoms with Crippen LogP contribution in [0.15, 0.2) is 54.7 Å². The summed E-state index contributed by atoms with van der Waals surface area (Å²) in [4.78, 5) is 16.6. The molecule has 0 aliphatic heterocycles. The summed E-state index contributed by atoms with van der Waals surface area (Å²) in [5.74, 6) is 0.112. The number of anilines is 1. The van der Waals surface area contributed by atoms with Gasteiger partial charge in [0.1, 0.15) is 5.82 Å². The van der Waals surface area contributed by atoms with Crippen molar-refractivity contribution in [2.45, 2.75) is 37.6 Å². The van der Waals surface area contributed by atoms with Crippen LogP contribution in [0, 0.1) is 5.82 Å². The zero-order valence-corrected chi connectivity index (χ0v) is 16.0. The first-order valence-corrected chi connectivity index (χ1v) is 9.83. The van der Waals surface area contributed by atoms with E-state index in [1.165, 1.54) is 6.07 Å². The van der Waals surface area contributed by atoms with E-state index in [4.69, 9.17) is 11.6 Å². The molecular weight excluding hydrogens is 377 g/mol. The number of nitrogens with zero attached hydrogens (tertiary/aromatic N) is 1. The van der Waals surface area contributed by atoms with Gasteiger partial charge in [-0.1, -0.05) is 11.6 Å². The summed E-state index contributed by atoms with van der Waals surface area (Å²) in [5, 5.41) is 7.40. The molecule has 3 aromatic rings. The van der Waals surface area contributed by atoms with Gasteiger partial charge < -0.3 is 10.6 Å². The lowest BCUT2D eigenvalue weighted by molar-refractivity contribution is 0.242. The quantitative estimate of drug-likeness (QED) is 0.580. The topological polar surface area (TPSA) is 54.0 Å². The van der Waals surface area contributed by atoms with E-state index in [9.17, 15) is 9.18 Å². The molecule has 0 bridgehead atoms. The molecule has 0 spiro atoms. The fourth-order valence-corrected chi connectivity index (χ4v) is 4.06. The zero-order valence-electron chi connectivity index (χ0n) is 15.3. The Hall–Kier alpha value is -2.66. The first kappa shape index (κ1) is 18.7. The number of pyridine rings is 1. The van der Waals surface area contributed by atoms with Crippen molar-refractivity contribution in [1.82, 2.24) is 10.3 Å². The molecule has 4 rings (SSSR count). The molecule has 144 valence electrons. The van der Waals surface area contributed by atoms with Crippen LogP contribution >= 0.6 is 11.6 Å². The number of aromatic nitrogens is 1. The maximum absolute atomic E-state index is 13.7. The van der Waals surface area contributed by atoms with Crippen molar-refractivity contribution in [3.8, 4) is 0 Å². The first-order chi connectivity index (χ1) is 13.6. The molecule has 1 aliphatic carbocycles. The zero-order chi connectivity index (χ0) is 19.5. The van der Waals surface area contributed by atoms with E-state index in [1.54, 1.807) is 42.6 Å². The van der Waals surface area contributed by atoms with Crippen LogP contribution in [0.3, 0.4) is 0 Å². The fourth-order valence-electron chi connectivity index (χ4n) is 3.93. The van der Waals surface area contributed by atoms with E-state index >= 15 is 0 Å². The van der Waals surface area contributed by atoms with Crippen LogP contribution in [0.25, 0.3) is 10.9 Å². The van der Waals surface area contributed by atoms with Gasteiger partial charge in [0.15, 0.2) is 0 Å². The van der Waals surface area contributed by atoms with Crippen LogP contribution in [0.2, 0.25) is 5.02 Å². The average Bonchev–Trinajstić information content (AvgIpc) is 2.70. The Bertz CT molecular complexity index is 985. The van der Waals surface area contributed by atoms with Crippen LogP contribution in [0.5, 0.6) is 0 Å². The van der Waals surface area contributed by atoms with Crippen molar-refractivity contribution in [2.24, 2.45) is 0 Å². The van der Waals surface area contributed by atoms with Gasteiger partial charge in [0, 0.05) is 28.3 Å². The Kier molecular flexibility index (Phi) is 5.44. The molecule has 2 aromatic carbocycles. The largest absolute Gasteiger partial charge is 0.335 e. The molecular formula is C22H21ClFN3O. The number of hydrogen-bond donors (Lipinski definition) is 2. The second-order valence-electron chi connectivity index (χ2n) is 7.22. The van der Waals surface area contributed by atoms with Gasteiger partial charge in [-0.3, -0.25) is 4.98 Å². The highest BCUT2D eigenvalue weighted by Gasteiger charge is 2.25. The third-order valence-corrected chi connectivity index (χ3v) is 5.59. The molecule has 0 unspecified atom stereocenters. The Morgan fingerprint density at radius 1 is 1.04 bits per heavy atom. The molecule has 1 aromatic heterocycles. The summed E-state index contributed by atoms with van der Waals surface area (Å²) in [6.07, 6.45) is 5.46. The van der Waals surface area contributed by atoms with Gasteiger partial charge in [-0.25, -0.2) is 9.18 Å². The molecule has 0 saturated heterocycles. The smallest absolute Gasteiger partial charge is 0.319 e. The van der Waals surface area contributed by atoms with Crippen molar-refractivity contribution in [3.05, 3.63) is 71.1 Å². The molecule has 28 heavy (non-hydrogen) atoms. The molecule has 4 nitrogen and oxygen atoms in total. The van der Waals surface area contributed by atoms with Crippen LogP contribution in [0.4, 0.5) is 14.9 Å². The van der Waals surface area contributed by atoms with Crippen LogP contribution < -0.4 is 10.6 Å². The number of fused-ring (bicyclic) bond motifs is 1. The second kappa shape index (κ2) is 8.15. The van der Waals surface area contributed by atoms with Crippen LogP contribution in [-0.4, -0.2) is 17.1 Å². The van der Waals surface area contributed by atoms with Gasteiger partial charge in [0.05, 0.1) is 5.52 Å². The molecule has 1 heterocycles. The second-order valence-corrected chi connectivity index (χ2v) is 7.65. The summed E-state index contributed by atoms with van der Waals surface area (Å²) in [6.45, 7) is 0. The molecule has 1 fully saturated rings. The minimum Gasteiger partial charge on any atom is -0.335 e. The summed E-state index contributed by atoms with van der Waals surface area (Å²) in [7, 11) is 0. The number of carbonyl (C=O) groups is 1. The highest BCUT2D eigenvalue weighted by Crippen LogP contribution is 2.36. The number of benzene rings is 2. The maximum Gasteiger partial charge on any atom is 0.319 e. The van der Waals surface area contributed by atoms with Gasteiger partial charge in [-0.2, -0.15) is 0 Å². The predicted molar refractivity (Wildman–Crippen MR) is 110 cm³/mol. The van der Waals surface area contributed by atoms with E-state index < -0.39 is 0 Å². The van der Waals surface area contributed by atoms with E-state index in [1.807, 2.05) is 6.07 Å². The lowest BCUT2D eigenvalue weighted by Gasteiger charge is -2.30. The summed E-state index contributed by atoms with van der Waals surface area (Å²) in [5.41, 5.74) is 2.68. The Morgan fingerprint density at radius 3 is 2.54 bits per heavy atom. The van der Waals surface area contributed by atoms with Gasteiger partial charge in [-0.15, -0.1) is 0 Å². The lowest BCUT2D eigenvalue weighted by Crippen LogP contribution is -2.39. The fraction of sp³-hybridized carbons (Fsp3) is 0.273. The van der Waals surface area contributed by atoms with E-state index in [0.29, 0.717) is 16.6 Å². The molecule has 1 aliphatic rings. The minimum absolute atomic E-state index is 0.133. The Morgan fingerprint density at radius 2 is 1.79 bits per heavy atom. The Labute approximate surface area is 168 Å². The summed E-state index contributed by atoms with van der Waals surface area (Å²) < 4.78 is 13.7. The lowest BCUT2D eigenvalue weighted by atomic mass is 9.80. The molecule has 0 atom stereocenters. The van der Waals surface area contributed by atoms with Gasteiger partial charge in [-0.05, 0) is 85.7 Å². The Balaban J connectivity index is 1.36. The predicted octanol–water partition coefficient (Wildman–Crippen LogP) is 5.88. The molecule has 2 amide bonds. The molecule has 2 N–H and O–H groups in total. The number of nitrogens with one attached hydrogen (secondary N) is 2. The number of carbonyl (C=O) groups excluding carboxylic acids is 1. The third kappa shape index (κ3) is 4.25. The van der Waals surface area contributed by atoms with Crippen molar-refractivity contribution in [1.29, 1.82) is 0 Å². The first-order valence-electron chi connectivity index (χ1n) is 9.46. The van der Waals surface area contributed by atoms with Crippen molar-refractivity contribution in [2.75, 3.05) is 5.32 Å². The number of amides is 2. The van der Waals surface area contributed by atoms with Crippen molar-refractivity contribution >= 4 is 34.2 Å². The molecule has 6 heteroatoms. The number of halogens is 2. The third-order valence-electron chi connectivity index (χ3n) is 5.34. The summed E-state index contributed by atoms with van der Waals surface area (Å²) >= 11 is 5.86. The standard InChI is InChI=1S/C22H21ClFN3O/c23-15-3-8-18(9-4-15)27-22(28)26-17-6-1-14(2-7-17)19-11-12-25-21-10-5-16(24)13-20(19)21/h3-5,8-14,17H,1-2,6-7H2,(H2,26,27,28). The number of hydrogen-bond acceptors (Lipinski definition) is 2. The van der Waals surface area contributed by atoms with Gasteiger partial charge in [0.2, 0.25) is 0 Å². The van der Waals surface area contributed by atoms with E-state index in [-0.39, 0.29) is 17.9 Å². The monoisotopic (exact) mass is 397 g/mol. The SMILES string of the molecule is O=C(Nc1ccc(Cl)cc1)NC1CCC(c2ccnc3ccc(F)cc23)CC1. The number of rotatable bonds is 3. The van der Waals surface area contributed by atoms with Crippen LogP contribution in [0.1, 0.15) is 37.2 Å². The van der Waals surface area contributed by atoms with Gasteiger partial charge >= 0.3 is 6.03 Å². The molecule has 0 radical (unpaired) electrons. The molecule has 1 saturated carbocycles. The summed E-state index contributed by atoms with van der Waals surface area (Å²) in [6, 6.07) is 13.7. The van der Waals surface area contributed by atoms with E-state index in [0.717, 1.165) is 42.1 Å². The van der Waals surface area contributed by atoms with Crippen molar-refractivity contribution in [3.63, 3.8) is 0 Å². The van der Waals surface area contributed by atoms with Crippen LogP contribution in [-0.2, 0) is 0 Å². The van der Waals surface area contributed by atoms with E-state index in [2.05, 4.69) is 15.6 Å². The highest BCUT2D eigenvalue weighted by molar-refractivity contribution is 6.30. The number of urea groups is 1. The highest BCUT2D eigenvalue weighted by atomic mass is 35.5. The minimum atomic E-state index is -0.240.